The van der Waals surface area contributed by atoms with Crippen molar-refractivity contribution < 1.29 is 19.0 Å². The van der Waals surface area contributed by atoms with Gasteiger partial charge in [-0.25, -0.2) is 4.99 Å². The number of nitrogens with zero attached hydrogens (tertiary/aromatic N) is 3. The lowest BCUT2D eigenvalue weighted by Crippen LogP contribution is -2.43. The molecule has 0 fully saturated rings. The van der Waals surface area contributed by atoms with Gasteiger partial charge in [-0.15, -0.1) is 0 Å². The third-order valence-electron chi connectivity index (χ3n) is 8.50. The van der Waals surface area contributed by atoms with Crippen LogP contribution in [0, 0.1) is 3.57 Å². The Labute approximate surface area is 296 Å². The summed E-state index contributed by atoms with van der Waals surface area (Å²) in [6.07, 6.45) is 1.85. The predicted molar refractivity (Wildman–Crippen MR) is 199 cm³/mol. The highest BCUT2D eigenvalue weighted by atomic mass is 127. The first kappa shape index (κ1) is 33.5. The highest BCUT2D eigenvalue weighted by Gasteiger charge is 2.36. The number of amides is 1. The van der Waals surface area contributed by atoms with Crippen molar-refractivity contribution in [1.82, 2.24) is 9.47 Å². The molecule has 4 aromatic carbocycles. The molecule has 0 radical (unpaired) electrons. The number of carbonyl (C=O) groups is 1. The molecule has 1 aliphatic rings. The number of thiazole rings is 1. The molecule has 1 amide bonds. The minimum absolute atomic E-state index is 0.152. The highest BCUT2D eigenvalue weighted by molar-refractivity contribution is 14.1. The number of aromatic nitrogens is 1. The molecule has 0 aliphatic carbocycles. The molecule has 10 heteroatoms. The zero-order valence-corrected chi connectivity index (χ0v) is 30.4. The van der Waals surface area contributed by atoms with Crippen LogP contribution in [-0.2, 0) is 11.4 Å². The fourth-order valence-electron chi connectivity index (χ4n) is 6.13. The normalized spacial score (nSPS) is 14.5. The van der Waals surface area contributed by atoms with Gasteiger partial charge in [0.05, 0.1) is 33.6 Å². The monoisotopic (exact) mass is 773 g/mol. The van der Waals surface area contributed by atoms with Crippen LogP contribution in [0.2, 0.25) is 0 Å². The molecule has 1 atom stereocenters. The quantitative estimate of drug-likeness (QED) is 0.152. The van der Waals surface area contributed by atoms with E-state index in [0.29, 0.717) is 57.5 Å². The lowest BCUT2D eigenvalue weighted by molar-refractivity contribution is -0.127. The van der Waals surface area contributed by atoms with E-state index in [0.717, 1.165) is 31.0 Å². The van der Waals surface area contributed by atoms with Gasteiger partial charge in [0.15, 0.2) is 16.3 Å². The Morgan fingerprint density at radius 1 is 0.979 bits per heavy atom. The maximum atomic E-state index is 14.5. The van der Waals surface area contributed by atoms with Gasteiger partial charge < -0.3 is 19.1 Å². The lowest BCUT2D eigenvalue weighted by atomic mass is 9.90. The Bertz CT molecular complexity index is 2220. The third-order valence-corrected chi connectivity index (χ3v) is 10.3. The van der Waals surface area contributed by atoms with Crippen molar-refractivity contribution in [3.8, 4) is 17.2 Å². The number of fused-ring (bicyclic) bond motifs is 2. The number of halogens is 1. The Morgan fingerprint density at radius 3 is 2.40 bits per heavy atom. The number of methoxy groups -OCH3 is 2. The second-order valence-corrected chi connectivity index (χ2v) is 13.4. The van der Waals surface area contributed by atoms with Crippen LogP contribution < -0.4 is 29.1 Å². The van der Waals surface area contributed by atoms with Crippen LogP contribution in [0.1, 0.15) is 43.5 Å². The summed E-state index contributed by atoms with van der Waals surface area (Å²) < 4.78 is 20.8. The summed E-state index contributed by atoms with van der Waals surface area (Å²) in [4.78, 5) is 35.9. The van der Waals surface area contributed by atoms with Crippen molar-refractivity contribution in [2.45, 2.75) is 33.4 Å². The van der Waals surface area contributed by atoms with Gasteiger partial charge in [0.1, 0.15) is 18.4 Å². The first-order chi connectivity index (χ1) is 23.3. The summed E-state index contributed by atoms with van der Waals surface area (Å²) in [5.41, 5.74) is 3.38. The molecule has 0 bridgehead atoms. The number of ether oxygens (including phenoxy) is 3. The Balaban J connectivity index is 1.52. The number of rotatable bonds is 10. The molecule has 2 heterocycles. The SMILES string of the molecule is CCN(CC)C(=O)C1=C(C)N=c2s/c(=C/c3cc(I)c(OCc4ccccc4)c(OC)c3)c(=O)n2[C@H]1c1c(OC)ccc2ccccc12. The van der Waals surface area contributed by atoms with Crippen LogP contribution in [0.5, 0.6) is 17.2 Å². The average Bonchev–Trinajstić information content (AvgIpc) is 3.40. The first-order valence-corrected chi connectivity index (χ1v) is 17.6. The van der Waals surface area contributed by atoms with E-state index in [4.69, 9.17) is 19.2 Å². The summed E-state index contributed by atoms with van der Waals surface area (Å²) >= 11 is 3.53. The Hall–Kier alpha value is -4.42. The number of hydrogen-bond acceptors (Lipinski definition) is 7. The molecule has 8 nitrogen and oxygen atoms in total. The first-order valence-electron chi connectivity index (χ1n) is 15.7. The van der Waals surface area contributed by atoms with Crippen molar-refractivity contribution in [1.29, 1.82) is 0 Å². The second kappa shape index (κ2) is 14.4. The zero-order valence-electron chi connectivity index (χ0n) is 27.5. The summed E-state index contributed by atoms with van der Waals surface area (Å²) in [5.74, 6) is 1.65. The van der Waals surface area contributed by atoms with E-state index in [9.17, 15) is 9.59 Å². The van der Waals surface area contributed by atoms with Crippen LogP contribution in [0.3, 0.4) is 0 Å². The summed E-state index contributed by atoms with van der Waals surface area (Å²) in [6, 6.07) is 24.9. The standard InChI is InChI=1S/C38H36IN3O5S/c1-6-41(7-2)37(44)32-23(3)40-38-42(34(32)33-27-16-12-11-15-26(27)17-18-29(33)45-4)36(43)31(48-38)21-25-19-28(39)35(30(20-25)46-5)47-22-24-13-9-8-10-14-24/h8-21,34H,6-7,22H2,1-5H3/b31-21+/t34-/m1/s1. The summed E-state index contributed by atoms with van der Waals surface area (Å²) in [6.45, 7) is 7.21. The number of likely N-dealkylation sites (N-methyl/N-ethyl adjacent to an activating group) is 1. The fraction of sp³-hybridized carbons (Fsp3) is 0.237. The molecule has 0 N–H and O–H groups in total. The van der Waals surface area contributed by atoms with Gasteiger partial charge in [-0.05, 0) is 89.5 Å². The molecule has 246 valence electrons. The molecule has 48 heavy (non-hydrogen) atoms. The predicted octanol–water partition coefficient (Wildman–Crippen LogP) is 6.46. The van der Waals surface area contributed by atoms with Crippen LogP contribution in [0.25, 0.3) is 16.8 Å². The molecule has 1 aliphatic heterocycles. The van der Waals surface area contributed by atoms with Crippen molar-refractivity contribution in [3.05, 3.63) is 130 Å². The van der Waals surface area contributed by atoms with Crippen molar-refractivity contribution in [2.24, 2.45) is 4.99 Å². The van der Waals surface area contributed by atoms with E-state index in [1.54, 1.807) is 23.7 Å². The van der Waals surface area contributed by atoms with E-state index in [1.807, 2.05) is 106 Å². The fourth-order valence-corrected chi connectivity index (χ4v) is 7.96. The minimum atomic E-state index is -0.749. The maximum Gasteiger partial charge on any atom is 0.271 e. The van der Waals surface area contributed by atoms with E-state index in [-0.39, 0.29) is 11.5 Å². The summed E-state index contributed by atoms with van der Waals surface area (Å²) in [7, 11) is 3.22. The zero-order chi connectivity index (χ0) is 33.9. The third kappa shape index (κ3) is 6.26. The molecule has 0 unspecified atom stereocenters. The minimum Gasteiger partial charge on any atom is -0.496 e. The van der Waals surface area contributed by atoms with Gasteiger partial charge >= 0.3 is 0 Å². The van der Waals surface area contributed by atoms with E-state index < -0.39 is 6.04 Å². The van der Waals surface area contributed by atoms with Gasteiger partial charge in [-0.1, -0.05) is 72.0 Å². The second-order valence-electron chi connectivity index (χ2n) is 11.3. The average molecular weight is 774 g/mol. The van der Waals surface area contributed by atoms with Crippen LogP contribution >= 0.6 is 33.9 Å². The van der Waals surface area contributed by atoms with E-state index in [2.05, 4.69) is 22.6 Å². The van der Waals surface area contributed by atoms with Crippen LogP contribution in [0.15, 0.2) is 99.9 Å². The molecular weight excluding hydrogens is 737 g/mol. The molecule has 0 saturated carbocycles. The Morgan fingerprint density at radius 2 is 1.69 bits per heavy atom. The van der Waals surface area contributed by atoms with Crippen molar-refractivity contribution >= 4 is 56.7 Å². The maximum absolute atomic E-state index is 14.5. The molecule has 0 spiro atoms. The van der Waals surface area contributed by atoms with E-state index >= 15 is 0 Å². The van der Waals surface area contributed by atoms with Gasteiger partial charge in [0.2, 0.25) is 0 Å². The number of carbonyl (C=O) groups excluding carboxylic acids is 1. The van der Waals surface area contributed by atoms with Crippen molar-refractivity contribution in [3.63, 3.8) is 0 Å². The van der Waals surface area contributed by atoms with Crippen molar-refractivity contribution in [2.75, 3.05) is 27.3 Å². The van der Waals surface area contributed by atoms with Crippen LogP contribution in [0.4, 0.5) is 0 Å². The number of allylic oxidation sites excluding steroid dienone is 1. The van der Waals surface area contributed by atoms with Gasteiger partial charge in [-0.3, -0.25) is 14.2 Å². The number of benzene rings is 4. The van der Waals surface area contributed by atoms with Gasteiger partial charge in [0.25, 0.3) is 11.5 Å². The van der Waals surface area contributed by atoms with Gasteiger partial charge in [-0.2, -0.15) is 0 Å². The smallest absolute Gasteiger partial charge is 0.271 e. The Kier molecular flexibility index (Phi) is 10.0. The van der Waals surface area contributed by atoms with E-state index in [1.165, 1.54) is 11.3 Å². The largest absolute Gasteiger partial charge is 0.496 e. The highest BCUT2D eigenvalue weighted by Crippen LogP contribution is 2.41. The molecule has 5 aromatic rings. The molecule has 0 saturated heterocycles. The number of hydrogen-bond donors (Lipinski definition) is 0. The molecule has 6 rings (SSSR count). The lowest BCUT2D eigenvalue weighted by Gasteiger charge is -2.30. The summed E-state index contributed by atoms with van der Waals surface area (Å²) in [5, 5.41) is 1.89. The van der Waals surface area contributed by atoms with Crippen LogP contribution in [-0.4, -0.2) is 42.7 Å². The molecule has 1 aromatic heterocycles. The molecular formula is C38H36IN3O5S. The topological polar surface area (TPSA) is 82.4 Å². The van der Waals surface area contributed by atoms with Gasteiger partial charge in [0, 0.05) is 18.7 Å².